The van der Waals surface area contributed by atoms with Gasteiger partial charge >= 0.3 is 0 Å². The number of anilines is 6. The van der Waals surface area contributed by atoms with Crippen molar-refractivity contribution in [3.05, 3.63) is 330 Å². The Morgan fingerprint density at radius 1 is 0.257 bits per heavy atom. The summed E-state index contributed by atoms with van der Waals surface area (Å²) in [7, 11) is 0. The molecule has 2 aliphatic rings. The molecular weight excluding hydrogens is 1360 g/mol. The van der Waals surface area contributed by atoms with Gasteiger partial charge in [-0.1, -0.05) is 337 Å². The third kappa shape index (κ3) is 12.5. The van der Waals surface area contributed by atoms with Gasteiger partial charge in [0.25, 0.3) is 6.71 Å². The monoisotopic (exact) mass is 1490 g/mol. The molecular formula is C108H103BN4. The summed E-state index contributed by atoms with van der Waals surface area (Å²) in [5.74, 6) is 0. The maximum Gasteiger partial charge on any atom is 0.252 e. The normalized spacial score (nSPS) is 16.1. The molecule has 0 unspecified atom stereocenters. The summed E-state index contributed by atoms with van der Waals surface area (Å²) in [5, 5.41) is -1.42. The van der Waals surface area contributed by atoms with Gasteiger partial charge in [-0.2, -0.15) is 0 Å². The molecule has 2 aliphatic heterocycles. The predicted molar refractivity (Wildman–Crippen MR) is 489 cm³/mol. The number of hydrogen-bond acceptors (Lipinski definition) is 2. The van der Waals surface area contributed by atoms with Gasteiger partial charge in [-0.15, -0.1) is 0 Å². The molecule has 0 spiro atoms. The molecule has 558 valence electrons. The van der Waals surface area contributed by atoms with Crippen molar-refractivity contribution >= 4 is 101 Å². The van der Waals surface area contributed by atoms with Crippen LogP contribution in [0.4, 0.5) is 34.1 Å². The zero-order chi connectivity index (χ0) is 97.9. The molecule has 0 aliphatic carbocycles. The van der Waals surface area contributed by atoms with Gasteiger partial charge in [0.05, 0.1) is 63.6 Å². The Morgan fingerprint density at radius 3 is 0.832 bits per heavy atom. The summed E-state index contributed by atoms with van der Waals surface area (Å²) >= 11 is 0. The van der Waals surface area contributed by atoms with Crippen LogP contribution in [0, 0.1) is 0 Å². The minimum Gasteiger partial charge on any atom is -0.310 e. The van der Waals surface area contributed by atoms with Crippen LogP contribution >= 0.6 is 0 Å². The molecule has 0 saturated carbocycles. The van der Waals surface area contributed by atoms with E-state index in [0.29, 0.717) is 72.5 Å². The number of fused-ring (bicyclic) bond motifs is 10. The predicted octanol–water partition coefficient (Wildman–Crippen LogP) is 28.1. The van der Waals surface area contributed by atoms with E-state index in [1.54, 1.807) is 0 Å². The molecule has 113 heavy (non-hydrogen) atoms. The third-order valence-electron chi connectivity index (χ3n) is 22.7. The molecule has 0 atom stereocenters. The summed E-state index contributed by atoms with van der Waals surface area (Å²) in [6.45, 7) is 36.6. The molecule has 0 amide bonds. The summed E-state index contributed by atoms with van der Waals surface area (Å²) in [5.41, 5.74) is 6.85. The molecule has 0 saturated heterocycles. The lowest BCUT2D eigenvalue weighted by Crippen LogP contribution is -2.61. The lowest BCUT2D eigenvalue weighted by molar-refractivity contribution is 0.589. The van der Waals surface area contributed by atoms with E-state index in [9.17, 15) is 30.2 Å². The molecule has 0 fully saturated rings. The third-order valence-corrected chi connectivity index (χ3v) is 22.7. The van der Waals surface area contributed by atoms with Crippen molar-refractivity contribution in [1.29, 1.82) is 0 Å². The van der Waals surface area contributed by atoms with Gasteiger partial charge in [0.2, 0.25) is 0 Å². The van der Waals surface area contributed by atoms with Crippen LogP contribution in [0.3, 0.4) is 0 Å². The number of rotatable bonds is 9. The van der Waals surface area contributed by atoms with Gasteiger partial charge in [0.1, 0.15) is 0 Å². The molecule has 0 radical (unpaired) electrons. The highest BCUT2D eigenvalue weighted by Gasteiger charge is 2.47. The summed E-state index contributed by atoms with van der Waals surface area (Å²) in [6, 6.07) is 39.2. The van der Waals surface area contributed by atoms with E-state index in [1.807, 2.05) is 101 Å². The topological polar surface area (TPSA) is 16.3 Å². The van der Waals surface area contributed by atoms with Gasteiger partial charge in [-0.3, -0.25) is 0 Å². The van der Waals surface area contributed by atoms with Crippen molar-refractivity contribution in [2.45, 2.75) is 157 Å². The minimum atomic E-state index is -1.70. The van der Waals surface area contributed by atoms with Crippen LogP contribution < -0.4 is 26.2 Å². The van der Waals surface area contributed by atoms with Crippen molar-refractivity contribution in [3.63, 3.8) is 0 Å². The van der Waals surface area contributed by atoms with Crippen molar-refractivity contribution < 1.29 is 30.2 Å². The van der Waals surface area contributed by atoms with Crippen molar-refractivity contribution in [3.8, 4) is 67.0 Å². The van der Waals surface area contributed by atoms with Crippen molar-refractivity contribution in [2.24, 2.45) is 0 Å². The van der Waals surface area contributed by atoms with E-state index >= 15 is 0 Å². The summed E-state index contributed by atoms with van der Waals surface area (Å²) < 4.78 is 227. The molecule has 18 rings (SSSR count). The summed E-state index contributed by atoms with van der Waals surface area (Å²) in [6.07, 6.45) is 0. The zero-order valence-corrected chi connectivity index (χ0v) is 67.5. The van der Waals surface area contributed by atoms with E-state index < -0.39 is 206 Å². The standard InChI is InChI=1S/C108H103BN4/c1-103(2,3)74-40-30-36-69(56-74)86-62-78(107(13,14)15)63-87(70-37-31-41-75(57-70)104(4,5)6)101(86)112-96-66-80(110-92-48-26-22-44-82(92)83-45-23-27-49-93(83)110)52-54-90(96)109-91-55-53-81(111-94-50-28-24-46-84(94)85-47-25-29-51-95(85)111)67-97(91)113(99-61-73(60-98(112)100(99)109)68-34-20-19-21-35-68)102-88(71-38-32-42-76(58-71)105(7,8)9)64-79(108(16,17)18)65-89(102)72-39-33-43-77(59-72)106(10,11)12/h19-67H,1-18H3/i22D,23D,24D,25D,26D,27D,28D,29D,44D,45D,46D,47D,48D,49D,50D,51D,52D,53D,54D,55D,66D,67D. The lowest BCUT2D eigenvalue weighted by Gasteiger charge is -2.46. The Bertz CT molecular complexity index is 7150. The second-order valence-electron chi connectivity index (χ2n) is 36.6. The van der Waals surface area contributed by atoms with Crippen molar-refractivity contribution in [1.82, 2.24) is 9.13 Å². The second kappa shape index (κ2) is 26.5. The van der Waals surface area contributed by atoms with E-state index in [-0.39, 0.29) is 55.2 Å². The van der Waals surface area contributed by atoms with Crippen LogP contribution in [-0.4, -0.2) is 15.8 Å². The van der Waals surface area contributed by atoms with Crippen LogP contribution in [0.25, 0.3) is 111 Å². The fraction of sp³-hybridized carbons (Fsp3) is 0.222. The van der Waals surface area contributed by atoms with Gasteiger partial charge in [0, 0.05) is 77.9 Å². The first-order valence-corrected chi connectivity index (χ1v) is 39.0. The van der Waals surface area contributed by atoms with E-state index in [2.05, 4.69) is 197 Å². The first-order valence-electron chi connectivity index (χ1n) is 50.0. The van der Waals surface area contributed by atoms with Crippen LogP contribution in [0.15, 0.2) is 297 Å². The Balaban J connectivity index is 1.17. The highest BCUT2D eigenvalue weighted by atomic mass is 15.2. The number of aromatic nitrogens is 2. The van der Waals surface area contributed by atoms with Crippen LogP contribution in [0.5, 0.6) is 0 Å². The SMILES string of the molecule is [2H]c1c([2H])c(-n2c3c([2H])c([2H])c([2H])c([2H])c3c3c([2H])c([2H])c([2H])c([2H])c32)c([2H])c2c1B1c3c(cc(-c4ccccc4)cc3N(c3c(-c4cccc(C(C)(C)C)c4)cc(C(C)(C)C)cc3-c3cccc(C(C)(C)C)c3)c3c([2H])c(-n4c5c([2H])c([2H])c([2H])c([2H])c5c5c([2H])c([2H])c([2H])c([2H])c54)c([2H])c([2H])c31)N2c1c(-c2cccc(C(C)(C)C)c2)cc(C(C)(C)C)cc1-c1cccc(C(C)(C)C)c1. The van der Waals surface area contributed by atoms with Gasteiger partial charge < -0.3 is 18.9 Å². The van der Waals surface area contributed by atoms with Gasteiger partial charge in [-0.25, -0.2) is 0 Å². The average molecular weight is 1490 g/mol. The molecule has 4 nitrogen and oxygen atoms in total. The fourth-order valence-corrected chi connectivity index (χ4v) is 16.4. The van der Waals surface area contributed by atoms with Gasteiger partial charge in [0.15, 0.2) is 0 Å². The molecule has 5 heteroatoms. The van der Waals surface area contributed by atoms with Gasteiger partial charge in [-0.05, 0) is 200 Å². The molecule has 0 N–H and O–H groups in total. The first kappa shape index (κ1) is 51.8. The van der Waals surface area contributed by atoms with E-state index in [1.165, 1.54) is 0 Å². The van der Waals surface area contributed by atoms with Crippen LogP contribution in [-0.2, 0) is 32.5 Å². The second-order valence-corrected chi connectivity index (χ2v) is 36.6. The molecule has 4 heterocycles. The van der Waals surface area contributed by atoms with Crippen LogP contribution in [0.1, 0.15) is 188 Å². The maximum atomic E-state index is 12.1. The Labute approximate surface area is 701 Å². The average Bonchev–Trinajstić information content (AvgIpc) is 1.50. The van der Waals surface area contributed by atoms with Crippen molar-refractivity contribution in [2.75, 3.05) is 9.80 Å². The highest BCUT2D eigenvalue weighted by molar-refractivity contribution is 7.00. The number of para-hydroxylation sites is 4. The number of hydrogen-bond donors (Lipinski definition) is 0. The number of benzene rings is 14. The first-order chi connectivity index (χ1) is 63.0. The van der Waals surface area contributed by atoms with E-state index in [4.69, 9.17) is 0 Å². The minimum absolute atomic E-state index is 0.163. The van der Waals surface area contributed by atoms with Crippen LogP contribution in [0.2, 0.25) is 0 Å². The number of nitrogens with zero attached hydrogens (tertiary/aromatic N) is 4. The maximum absolute atomic E-state index is 12.1. The highest BCUT2D eigenvalue weighted by Crippen LogP contribution is 2.57. The largest absolute Gasteiger partial charge is 0.310 e. The molecule has 14 aromatic carbocycles. The summed E-state index contributed by atoms with van der Waals surface area (Å²) in [4.78, 5) is 3.88. The zero-order valence-electron chi connectivity index (χ0n) is 89.5. The molecule has 0 bridgehead atoms. The Kier molecular flexibility index (Phi) is 12.1. The lowest BCUT2D eigenvalue weighted by atomic mass is 9.33. The smallest absolute Gasteiger partial charge is 0.252 e. The molecule has 2 aromatic heterocycles. The molecule has 16 aromatic rings. The Morgan fingerprint density at radius 2 is 0.540 bits per heavy atom. The fourth-order valence-electron chi connectivity index (χ4n) is 16.4. The Hall–Kier alpha value is -11.7. The van der Waals surface area contributed by atoms with E-state index in [0.717, 1.165) is 42.5 Å². The quantitative estimate of drug-likeness (QED) is 0.134.